The van der Waals surface area contributed by atoms with Crippen molar-refractivity contribution in [1.29, 1.82) is 0 Å². The summed E-state index contributed by atoms with van der Waals surface area (Å²) in [5, 5.41) is 21.4. The van der Waals surface area contributed by atoms with Crippen molar-refractivity contribution in [3.05, 3.63) is 113 Å². The van der Waals surface area contributed by atoms with E-state index in [1.165, 1.54) is 91.7 Å². The van der Waals surface area contributed by atoms with Crippen LogP contribution in [0.1, 0.15) is 0 Å². The highest BCUT2D eigenvalue weighted by atomic mass is 16.1. The van der Waals surface area contributed by atoms with Crippen LogP contribution in [0.4, 0.5) is 0 Å². The summed E-state index contributed by atoms with van der Waals surface area (Å²) in [6.07, 6.45) is 0. The summed E-state index contributed by atoms with van der Waals surface area (Å²) in [5.41, 5.74) is 3.46. The van der Waals surface area contributed by atoms with Crippen molar-refractivity contribution in [1.82, 2.24) is 4.40 Å². The molecule has 0 fully saturated rings. The molecule has 0 radical (unpaired) electrons. The van der Waals surface area contributed by atoms with Crippen LogP contribution in [0.3, 0.4) is 0 Å². The van der Waals surface area contributed by atoms with E-state index in [-0.39, 0.29) is 5.43 Å². The number of benzene rings is 7. The highest BCUT2D eigenvalue weighted by Crippen LogP contribution is 2.51. The summed E-state index contributed by atoms with van der Waals surface area (Å²) >= 11 is 0. The molecule has 0 aliphatic heterocycles. The molecule has 2 heteroatoms. The van der Waals surface area contributed by atoms with Gasteiger partial charge in [0.15, 0.2) is 5.43 Å². The Balaban J connectivity index is 1.55. The molecule has 12 rings (SSSR count). The van der Waals surface area contributed by atoms with Crippen molar-refractivity contribution in [3.8, 4) is 0 Å². The zero-order chi connectivity index (χ0) is 26.3. The van der Waals surface area contributed by atoms with E-state index in [4.69, 9.17) is 0 Å². The molecule has 0 aliphatic carbocycles. The molecule has 0 spiro atoms. The SMILES string of the molecule is O=c1c2cc3c4ccccc4c4ccc5c6cccc7c8ccc9c%10ccccc%10c%10cc1c(c8c9%10)n(c67)c2c5c43. The van der Waals surface area contributed by atoms with Crippen molar-refractivity contribution < 1.29 is 0 Å². The second-order valence-corrected chi connectivity index (χ2v) is 11.9. The molecule has 0 atom stereocenters. The van der Waals surface area contributed by atoms with Gasteiger partial charge in [0.1, 0.15) is 0 Å². The van der Waals surface area contributed by atoms with Crippen LogP contribution in [-0.4, -0.2) is 4.40 Å². The van der Waals surface area contributed by atoms with E-state index in [0.717, 1.165) is 21.8 Å². The lowest BCUT2D eigenvalue weighted by atomic mass is 9.89. The number of pyridine rings is 3. The highest BCUT2D eigenvalue weighted by Gasteiger charge is 2.27. The monoisotopic (exact) mass is 515 g/mol. The number of para-hydroxylation sites is 1. The first-order valence-corrected chi connectivity index (χ1v) is 14.2. The molecule has 9 aromatic carbocycles. The molecule has 0 saturated heterocycles. The molecule has 0 aliphatic rings. The van der Waals surface area contributed by atoms with E-state index in [1.807, 2.05) is 0 Å². The average molecular weight is 516 g/mol. The smallest absolute Gasteiger partial charge is 0.197 e. The fraction of sp³-hybridized carbons (Fsp3) is 0. The summed E-state index contributed by atoms with van der Waals surface area (Å²) in [4.78, 5) is 14.8. The normalized spacial score (nSPS) is 13.5. The Hall–Kier alpha value is -5.47. The summed E-state index contributed by atoms with van der Waals surface area (Å²) in [7, 11) is 0. The second-order valence-electron chi connectivity index (χ2n) is 11.9. The fourth-order valence-corrected chi connectivity index (χ4v) is 8.83. The minimum absolute atomic E-state index is 0.131. The molecule has 2 nitrogen and oxygen atoms in total. The number of aromatic nitrogens is 1. The standard InChI is InChI=1S/C39H17NO/c41-39-30-16-28-20-8-3-1-6-18(20)22-12-14-24-26-10-5-11-27-25-15-13-23-19-7-2-4-9-21(19)29-17-31(39)38(35(25)33(23)29)40(36(26)27)37(30)34(24)32(22)28/h1-17H. The third-order valence-electron chi connectivity index (χ3n) is 10.3. The van der Waals surface area contributed by atoms with Crippen molar-refractivity contribution in [2.45, 2.75) is 0 Å². The van der Waals surface area contributed by atoms with Crippen LogP contribution in [0, 0.1) is 0 Å². The number of fused-ring (bicyclic) bond motifs is 8. The van der Waals surface area contributed by atoms with Crippen LogP contribution in [0.25, 0.3) is 114 Å². The first-order valence-electron chi connectivity index (χ1n) is 14.2. The Labute approximate surface area is 230 Å². The van der Waals surface area contributed by atoms with Crippen molar-refractivity contribution in [2.75, 3.05) is 0 Å². The minimum atomic E-state index is 0.131. The topological polar surface area (TPSA) is 21.5 Å². The van der Waals surface area contributed by atoms with Gasteiger partial charge in [-0.1, -0.05) is 91.0 Å². The minimum Gasteiger partial charge on any atom is -0.306 e. The molecule has 184 valence electrons. The number of nitrogens with zero attached hydrogens (tertiary/aromatic N) is 1. The zero-order valence-corrected chi connectivity index (χ0v) is 21.7. The molecular formula is C39H17NO. The predicted molar refractivity (Wildman–Crippen MR) is 175 cm³/mol. The van der Waals surface area contributed by atoms with Gasteiger partial charge in [-0.15, -0.1) is 0 Å². The fourth-order valence-electron chi connectivity index (χ4n) is 8.83. The Bertz CT molecular complexity index is 2940. The molecule has 0 unspecified atom stereocenters. The van der Waals surface area contributed by atoms with Gasteiger partial charge in [0.2, 0.25) is 0 Å². The van der Waals surface area contributed by atoms with Gasteiger partial charge in [0.25, 0.3) is 0 Å². The van der Waals surface area contributed by atoms with Gasteiger partial charge in [0, 0.05) is 43.1 Å². The van der Waals surface area contributed by atoms with Gasteiger partial charge in [0.05, 0.1) is 16.6 Å². The summed E-state index contributed by atoms with van der Waals surface area (Å²) in [6, 6.07) is 37.6. The van der Waals surface area contributed by atoms with E-state index in [0.29, 0.717) is 0 Å². The maximum atomic E-state index is 14.8. The van der Waals surface area contributed by atoms with Crippen LogP contribution in [0.5, 0.6) is 0 Å². The predicted octanol–water partition coefficient (Wildman–Crippen LogP) is 10.0. The molecule has 0 saturated carbocycles. The quantitative estimate of drug-likeness (QED) is 0.145. The van der Waals surface area contributed by atoms with Crippen LogP contribution in [0.15, 0.2) is 108 Å². The molecular weight excluding hydrogens is 498 g/mol. The van der Waals surface area contributed by atoms with Crippen molar-refractivity contribution >= 4 is 114 Å². The van der Waals surface area contributed by atoms with Crippen molar-refractivity contribution in [2.24, 2.45) is 0 Å². The van der Waals surface area contributed by atoms with E-state index in [2.05, 4.69) is 108 Å². The Morgan fingerprint density at radius 2 is 0.707 bits per heavy atom. The van der Waals surface area contributed by atoms with Gasteiger partial charge >= 0.3 is 0 Å². The third-order valence-corrected chi connectivity index (χ3v) is 10.3. The van der Waals surface area contributed by atoms with Gasteiger partial charge in [-0.2, -0.15) is 0 Å². The lowest BCUT2D eigenvalue weighted by Crippen LogP contribution is -2.11. The van der Waals surface area contributed by atoms with Gasteiger partial charge in [-0.3, -0.25) is 4.79 Å². The van der Waals surface area contributed by atoms with Crippen LogP contribution in [0.2, 0.25) is 0 Å². The van der Waals surface area contributed by atoms with Crippen LogP contribution >= 0.6 is 0 Å². The largest absolute Gasteiger partial charge is 0.306 e. The first kappa shape index (κ1) is 19.6. The molecule has 3 heterocycles. The Morgan fingerprint density at radius 3 is 1.17 bits per heavy atom. The molecule has 0 bridgehead atoms. The molecule has 41 heavy (non-hydrogen) atoms. The second kappa shape index (κ2) is 5.99. The van der Waals surface area contributed by atoms with E-state index >= 15 is 0 Å². The molecule has 0 N–H and O–H groups in total. The lowest BCUT2D eigenvalue weighted by molar-refractivity contribution is 1.34. The number of rotatable bonds is 0. The van der Waals surface area contributed by atoms with Crippen LogP contribution in [-0.2, 0) is 0 Å². The summed E-state index contributed by atoms with van der Waals surface area (Å²) in [5.74, 6) is 0. The van der Waals surface area contributed by atoms with Gasteiger partial charge in [-0.05, 0) is 66.0 Å². The maximum absolute atomic E-state index is 14.8. The van der Waals surface area contributed by atoms with E-state index in [9.17, 15) is 4.79 Å². The molecule has 3 aromatic heterocycles. The summed E-state index contributed by atoms with van der Waals surface area (Å²) < 4.78 is 2.47. The number of hydrogen-bond donors (Lipinski definition) is 0. The maximum Gasteiger partial charge on any atom is 0.197 e. The highest BCUT2D eigenvalue weighted by molar-refractivity contribution is 6.44. The zero-order valence-electron chi connectivity index (χ0n) is 21.7. The van der Waals surface area contributed by atoms with E-state index < -0.39 is 0 Å². The number of hydrogen-bond acceptors (Lipinski definition) is 1. The Kier molecular flexibility index (Phi) is 2.86. The van der Waals surface area contributed by atoms with E-state index in [1.54, 1.807) is 0 Å². The third kappa shape index (κ3) is 1.85. The average Bonchev–Trinajstić information content (AvgIpc) is 3.53. The lowest BCUT2D eigenvalue weighted by Gasteiger charge is -2.23. The molecule has 0 amide bonds. The first-order chi connectivity index (χ1) is 20.3. The molecule has 12 aromatic rings. The summed E-state index contributed by atoms with van der Waals surface area (Å²) in [6.45, 7) is 0. The Morgan fingerprint density at radius 1 is 0.317 bits per heavy atom. The van der Waals surface area contributed by atoms with Crippen LogP contribution < -0.4 is 5.43 Å². The van der Waals surface area contributed by atoms with Crippen molar-refractivity contribution in [3.63, 3.8) is 0 Å². The van der Waals surface area contributed by atoms with Gasteiger partial charge < -0.3 is 4.40 Å². The van der Waals surface area contributed by atoms with Gasteiger partial charge in [-0.25, -0.2) is 0 Å².